The zero-order valence-electron chi connectivity index (χ0n) is 16.2. The Balaban J connectivity index is 1.39. The molecule has 2 heterocycles. The molecule has 6 nitrogen and oxygen atoms in total. The number of carbonyl (C=O) groups excluding carboxylic acids is 1. The molecule has 28 heavy (non-hydrogen) atoms. The van der Waals surface area contributed by atoms with E-state index < -0.39 is 0 Å². The van der Waals surface area contributed by atoms with Gasteiger partial charge in [-0.3, -0.25) is 4.98 Å². The third-order valence-electron chi connectivity index (χ3n) is 5.86. The second-order valence-corrected chi connectivity index (χ2v) is 7.63. The number of ether oxygens (including phenoxy) is 2. The third kappa shape index (κ3) is 3.97. The topological polar surface area (TPSA) is 72.5 Å². The van der Waals surface area contributed by atoms with E-state index in [1.54, 1.807) is 13.3 Å². The van der Waals surface area contributed by atoms with E-state index in [1.807, 2.05) is 36.5 Å². The van der Waals surface area contributed by atoms with Gasteiger partial charge >= 0.3 is 6.03 Å². The number of hydrogen-bond donors (Lipinski definition) is 2. The molecule has 0 unspecified atom stereocenters. The predicted molar refractivity (Wildman–Crippen MR) is 106 cm³/mol. The first kappa shape index (κ1) is 18.7. The van der Waals surface area contributed by atoms with Gasteiger partial charge in [0.1, 0.15) is 5.75 Å². The summed E-state index contributed by atoms with van der Waals surface area (Å²) in [7, 11) is 1.66. The molecule has 6 heteroatoms. The average molecular weight is 381 g/mol. The molecule has 1 aliphatic heterocycles. The van der Waals surface area contributed by atoms with Crippen molar-refractivity contribution >= 4 is 6.03 Å². The Morgan fingerprint density at radius 3 is 2.89 bits per heavy atom. The maximum atomic E-state index is 12.8. The summed E-state index contributed by atoms with van der Waals surface area (Å²) in [5, 5.41) is 6.40. The number of nitrogens with zero attached hydrogens (tertiary/aromatic N) is 1. The van der Waals surface area contributed by atoms with Gasteiger partial charge < -0.3 is 20.1 Å². The Morgan fingerprint density at radius 1 is 1.29 bits per heavy atom. The largest absolute Gasteiger partial charge is 0.497 e. The molecule has 0 spiro atoms. The first-order valence-electron chi connectivity index (χ1n) is 9.93. The van der Waals surface area contributed by atoms with Crippen LogP contribution in [-0.2, 0) is 10.3 Å². The van der Waals surface area contributed by atoms with Gasteiger partial charge in [-0.05, 0) is 61.4 Å². The summed E-state index contributed by atoms with van der Waals surface area (Å²) in [5.74, 6) is 0.815. The number of carbonyl (C=O) groups is 1. The first-order valence-corrected chi connectivity index (χ1v) is 9.93. The van der Waals surface area contributed by atoms with E-state index >= 15 is 0 Å². The third-order valence-corrected chi connectivity index (χ3v) is 5.86. The Morgan fingerprint density at radius 2 is 2.18 bits per heavy atom. The van der Waals surface area contributed by atoms with Crippen molar-refractivity contribution in [3.63, 3.8) is 0 Å². The van der Waals surface area contributed by atoms with Crippen LogP contribution in [-0.4, -0.2) is 30.8 Å². The molecule has 2 atom stereocenters. The fraction of sp³-hybridized carbons (Fsp3) is 0.455. The lowest BCUT2D eigenvalue weighted by atomic mass is 9.72. The fourth-order valence-corrected chi connectivity index (χ4v) is 4.10. The Labute approximate surface area is 165 Å². The summed E-state index contributed by atoms with van der Waals surface area (Å²) in [5.41, 5.74) is 1.86. The van der Waals surface area contributed by atoms with Crippen molar-refractivity contribution in [1.29, 1.82) is 0 Å². The number of pyridine rings is 1. The Bertz CT molecular complexity index is 808. The predicted octanol–water partition coefficient (Wildman–Crippen LogP) is 3.69. The van der Waals surface area contributed by atoms with Crippen LogP contribution < -0.4 is 15.4 Å². The lowest BCUT2D eigenvalue weighted by Crippen LogP contribution is -2.56. The molecule has 148 valence electrons. The molecule has 1 aliphatic carbocycles. The van der Waals surface area contributed by atoms with Gasteiger partial charge in [0.25, 0.3) is 0 Å². The van der Waals surface area contributed by atoms with Crippen LogP contribution >= 0.6 is 0 Å². The summed E-state index contributed by atoms with van der Waals surface area (Å²) < 4.78 is 11.2. The molecule has 2 aliphatic rings. The molecule has 1 saturated carbocycles. The Kier molecular flexibility index (Phi) is 5.48. The fourth-order valence-electron chi connectivity index (χ4n) is 4.10. The summed E-state index contributed by atoms with van der Waals surface area (Å²) in [6, 6.07) is 11.9. The van der Waals surface area contributed by atoms with E-state index in [0.717, 1.165) is 49.0 Å². The molecule has 2 amide bonds. The quantitative estimate of drug-likeness (QED) is 0.829. The van der Waals surface area contributed by atoms with Crippen LogP contribution in [0.4, 0.5) is 4.79 Å². The minimum absolute atomic E-state index is 0.0243. The normalized spacial score (nSPS) is 23.3. The van der Waals surface area contributed by atoms with Crippen molar-refractivity contribution in [3.05, 3.63) is 59.9 Å². The molecule has 4 rings (SSSR count). The van der Waals surface area contributed by atoms with Crippen LogP contribution in [0.2, 0.25) is 0 Å². The van der Waals surface area contributed by atoms with Gasteiger partial charge in [-0.25, -0.2) is 4.79 Å². The monoisotopic (exact) mass is 381 g/mol. The number of aromatic nitrogens is 1. The van der Waals surface area contributed by atoms with Gasteiger partial charge in [-0.15, -0.1) is 0 Å². The second-order valence-electron chi connectivity index (χ2n) is 7.63. The molecule has 2 fully saturated rings. The minimum atomic E-state index is -0.299. The number of urea groups is 1. The summed E-state index contributed by atoms with van der Waals surface area (Å²) >= 11 is 0. The molecular formula is C22H27N3O3. The van der Waals surface area contributed by atoms with Crippen molar-refractivity contribution in [2.24, 2.45) is 0 Å². The highest BCUT2D eigenvalue weighted by Crippen LogP contribution is 2.42. The SMILES string of the molecule is COc1cccc(C2(NC(=O)N[C@@H]3CCO[C@@H](c4cccnc4)C3)CCC2)c1. The van der Waals surface area contributed by atoms with Crippen molar-refractivity contribution in [1.82, 2.24) is 15.6 Å². The zero-order chi connectivity index (χ0) is 19.4. The zero-order valence-corrected chi connectivity index (χ0v) is 16.2. The van der Waals surface area contributed by atoms with Crippen LogP contribution in [0.3, 0.4) is 0 Å². The molecule has 0 bridgehead atoms. The van der Waals surface area contributed by atoms with E-state index in [1.165, 1.54) is 0 Å². The summed E-state index contributed by atoms with van der Waals surface area (Å²) in [6.45, 7) is 0.630. The maximum absolute atomic E-state index is 12.8. The molecule has 1 aromatic heterocycles. The lowest BCUT2D eigenvalue weighted by Gasteiger charge is -2.43. The van der Waals surface area contributed by atoms with Gasteiger partial charge in [-0.1, -0.05) is 18.2 Å². The highest BCUT2D eigenvalue weighted by molar-refractivity contribution is 5.75. The first-order chi connectivity index (χ1) is 13.7. The number of hydrogen-bond acceptors (Lipinski definition) is 4. The van der Waals surface area contributed by atoms with Crippen molar-refractivity contribution in [3.8, 4) is 5.75 Å². The van der Waals surface area contributed by atoms with E-state index in [9.17, 15) is 4.79 Å². The van der Waals surface area contributed by atoms with Crippen LogP contribution in [0.25, 0.3) is 0 Å². The lowest BCUT2D eigenvalue weighted by molar-refractivity contribution is 0.00174. The molecule has 1 aromatic carbocycles. The van der Waals surface area contributed by atoms with Gasteiger partial charge in [0, 0.05) is 25.0 Å². The standard InChI is InChI=1S/C22H27N3O3/c1-27-19-7-2-6-17(13-19)22(9-4-10-22)25-21(26)24-18-8-12-28-20(14-18)16-5-3-11-23-15-16/h2-3,5-7,11,13,15,18,20H,4,8-10,12,14H2,1H3,(H2,24,25,26)/t18-,20-/m1/s1. The van der Waals surface area contributed by atoms with E-state index in [-0.39, 0.29) is 23.7 Å². The van der Waals surface area contributed by atoms with E-state index in [0.29, 0.717) is 6.61 Å². The summed E-state index contributed by atoms with van der Waals surface area (Å²) in [6.07, 6.45) is 8.13. The van der Waals surface area contributed by atoms with Crippen molar-refractivity contribution in [2.75, 3.05) is 13.7 Å². The van der Waals surface area contributed by atoms with Gasteiger partial charge in [0.2, 0.25) is 0 Å². The van der Waals surface area contributed by atoms with E-state index in [2.05, 4.69) is 21.7 Å². The summed E-state index contributed by atoms with van der Waals surface area (Å²) in [4.78, 5) is 17.0. The van der Waals surface area contributed by atoms with E-state index in [4.69, 9.17) is 9.47 Å². The van der Waals surface area contributed by atoms with Gasteiger partial charge in [0.15, 0.2) is 0 Å². The average Bonchev–Trinajstić information content (AvgIpc) is 2.71. The molecule has 2 N–H and O–H groups in total. The molecule has 1 saturated heterocycles. The molecular weight excluding hydrogens is 354 g/mol. The number of nitrogens with one attached hydrogen (secondary N) is 2. The second kappa shape index (κ2) is 8.19. The van der Waals surface area contributed by atoms with Crippen molar-refractivity contribution in [2.45, 2.75) is 49.8 Å². The highest BCUT2D eigenvalue weighted by Gasteiger charge is 2.40. The van der Waals surface area contributed by atoms with Crippen LogP contribution in [0.5, 0.6) is 5.75 Å². The number of benzene rings is 1. The maximum Gasteiger partial charge on any atom is 0.315 e. The van der Waals surface area contributed by atoms with Crippen molar-refractivity contribution < 1.29 is 14.3 Å². The number of rotatable bonds is 5. The Hall–Kier alpha value is -2.60. The number of methoxy groups -OCH3 is 1. The van der Waals surface area contributed by atoms with Gasteiger partial charge in [-0.2, -0.15) is 0 Å². The molecule has 0 radical (unpaired) electrons. The van der Waals surface area contributed by atoms with Gasteiger partial charge in [0.05, 0.1) is 18.8 Å². The minimum Gasteiger partial charge on any atom is -0.497 e. The van der Waals surface area contributed by atoms with Crippen LogP contribution in [0.15, 0.2) is 48.8 Å². The molecule has 2 aromatic rings. The smallest absolute Gasteiger partial charge is 0.315 e. The highest BCUT2D eigenvalue weighted by atomic mass is 16.5. The van der Waals surface area contributed by atoms with Crippen LogP contribution in [0.1, 0.15) is 49.3 Å². The van der Waals surface area contributed by atoms with Crippen LogP contribution in [0, 0.1) is 0 Å². The number of amides is 2.